The van der Waals surface area contributed by atoms with Gasteiger partial charge in [-0.05, 0) is 77.0 Å². The highest BCUT2D eigenvalue weighted by Gasteiger charge is 2.27. The number of unbranched alkanes of at least 4 members (excludes halogenated alkanes) is 23. The first kappa shape index (κ1) is 56.9. The minimum atomic E-state index is -4.62. The summed E-state index contributed by atoms with van der Waals surface area (Å²) in [7, 11) is -4.62. The van der Waals surface area contributed by atoms with Crippen LogP contribution in [0.3, 0.4) is 0 Å². The summed E-state index contributed by atoms with van der Waals surface area (Å²) in [6.45, 7) is 3.84. The van der Waals surface area contributed by atoms with E-state index in [0.717, 1.165) is 70.6 Å². The lowest BCUT2D eigenvalue weighted by molar-refractivity contribution is -0.154. The molecule has 0 radical (unpaired) electrons. The van der Waals surface area contributed by atoms with Gasteiger partial charge in [0.1, 0.15) is 12.1 Å². The normalized spacial score (nSPS) is 14.2. The van der Waals surface area contributed by atoms with Crippen molar-refractivity contribution >= 4 is 19.8 Å². The molecule has 0 aromatic heterocycles. The number of allylic oxidation sites excluding steroid dienone is 8. The number of carbonyl (C=O) groups is 2. The van der Waals surface area contributed by atoms with Crippen molar-refractivity contribution in [2.75, 3.05) is 26.4 Å². The Morgan fingerprint density at radius 3 is 1.41 bits per heavy atom. The van der Waals surface area contributed by atoms with Crippen LogP contribution in [0.15, 0.2) is 48.6 Å². The summed E-state index contributed by atoms with van der Waals surface area (Å²) in [5, 5.41) is 8.91. The number of phosphoric acid groups is 1. The van der Waals surface area contributed by atoms with Gasteiger partial charge in [0.25, 0.3) is 0 Å². The smallest absolute Gasteiger partial charge is 0.472 e. The molecular formula is C48H88NO9P. The Bertz CT molecular complexity index is 1130. The average molecular weight is 854 g/mol. The summed E-state index contributed by atoms with van der Waals surface area (Å²) in [5.74, 6) is -1.79. The van der Waals surface area contributed by atoms with Crippen LogP contribution in [0.4, 0.5) is 0 Å². The molecule has 0 fully saturated rings. The van der Waals surface area contributed by atoms with Crippen molar-refractivity contribution in [3.8, 4) is 0 Å². The maximum atomic E-state index is 12.6. The van der Waals surface area contributed by atoms with Crippen LogP contribution in [-0.2, 0) is 32.7 Å². The SMILES string of the molecule is CCCCCCC/C=C\C/C=C\C/C=C\CCCCCCCCCOCC(COP(=O)(O)OCC(N)C(=O)O)OC(=O)CCCCCCC/C=C\CCCCCCCC. The lowest BCUT2D eigenvalue weighted by atomic mass is 10.1. The van der Waals surface area contributed by atoms with Crippen molar-refractivity contribution in [3.63, 3.8) is 0 Å². The topological polar surface area (TPSA) is 155 Å². The van der Waals surface area contributed by atoms with Crippen LogP contribution in [-0.4, -0.2) is 60.5 Å². The predicted molar refractivity (Wildman–Crippen MR) is 244 cm³/mol. The molecule has 0 aromatic carbocycles. The monoisotopic (exact) mass is 854 g/mol. The van der Waals surface area contributed by atoms with Gasteiger partial charge in [-0.25, -0.2) is 4.57 Å². The molecule has 0 saturated carbocycles. The zero-order chi connectivity index (χ0) is 43.3. The molecule has 0 rings (SSSR count). The molecular weight excluding hydrogens is 765 g/mol. The molecule has 0 bridgehead atoms. The standard InChI is InChI=1S/C48H88NO9P/c1-3-5-7-9-11-13-15-17-19-20-21-22-23-24-25-27-29-31-33-35-37-39-41-55-42-45(43-56-59(53,54)57-44-46(49)48(51)52)58-47(50)40-38-36-34-32-30-28-26-18-16-14-12-10-8-6-4-2/h15,17-18,20-21,23-24,26,45-46H,3-14,16,19,22,25,27-44,49H2,1-2H3,(H,51,52)(H,53,54)/b17-15-,21-20-,24-23-,26-18-. The summed E-state index contributed by atoms with van der Waals surface area (Å²) >= 11 is 0. The Hall–Kier alpha value is -2.07. The Labute approximate surface area is 360 Å². The van der Waals surface area contributed by atoms with Crippen molar-refractivity contribution in [2.24, 2.45) is 5.73 Å². The second kappa shape index (κ2) is 44.0. The molecule has 10 nitrogen and oxygen atoms in total. The molecule has 0 aliphatic rings. The summed E-state index contributed by atoms with van der Waals surface area (Å²) < 4.78 is 33.4. The highest BCUT2D eigenvalue weighted by Crippen LogP contribution is 2.43. The highest BCUT2D eigenvalue weighted by molar-refractivity contribution is 7.47. The van der Waals surface area contributed by atoms with Crippen molar-refractivity contribution in [1.29, 1.82) is 0 Å². The molecule has 3 unspecified atom stereocenters. The number of nitrogens with two attached hydrogens (primary N) is 1. The number of esters is 1. The van der Waals surface area contributed by atoms with E-state index < -0.39 is 45.1 Å². The van der Waals surface area contributed by atoms with Crippen molar-refractivity contribution in [2.45, 2.75) is 219 Å². The van der Waals surface area contributed by atoms with Gasteiger partial charge < -0.3 is 25.2 Å². The van der Waals surface area contributed by atoms with Crippen molar-refractivity contribution in [3.05, 3.63) is 48.6 Å². The van der Waals surface area contributed by atoms with E-state index in [2.05, 4.69) is 62.5 Å². The molecule has 344 valence electrons. The quantitative estimate of drug-likeness (QED) is 0.0233. The summed E-state index contributed by atoms with van der Waals surface area (Å²) in [6, 6.07) is -1.48. The van der Waals surface area contributed by atoms with Gasteiger partial charge in [-0.2, -0.15) is 0 Å². The molecule has 11 heteroatoms. The van der Waals surface area contributed by atoms with Crippen LogP contribution in [0.2, 0.25) is 0 Å². The van der Waals surface area contributed by atoms with E-state index in [0.29, 0.717) is 13.0 Å². The van der Waals surface area contributed by atoms with E-state index in [1.54, 1.807) is 0 Å². The predicted octanol–water partition coefficient (Wildman–Crippen LogP) is 13.4. The van der Waals surface area contributed by atoms with Crippen LogP contribution in [0.1, 0.15) is 206 Å². The first-order chi connectivity index (χ1) is 28.7. The molecule has 0 aliphatic carbocycles. The lowest BCUT2D eigenvalue weighted by Crippen LogP contribution is -2.34. The number of ether oxygens (including phenoxy) is 2. The Kier molecular flexibility index (Phi) is 42.5. The Morgan fingerprint density at radius 2 is 0.932 bits per heavy atom. The van der Waals surface area contributed by atoms with Gasteiger partial charge in [-0.15, -0.1) is 0 Å². The summed E-state index contributed by atoms with van der Waals surface area (Å²) in [6.07, 6.45) is 51.6. The second-order valence-corrected chi connectivity index (χ2v) is 17.3. The lowest BCUT2D eigenvalue weighted by Gasteiger charge is -2.20. The molecule has 59 heavy (non-hydrogen) atoms. The molecule has 3 atom stereocenters. The second-order valence-electron chi connectivity index (χ2n) is 15.9. The fourth-order valence-corrected chi connectivity index (χ4v) is 7.15. The molecule has 0 amide bonds. The van der Waals surface area contributed by atoms with Gasteiger partial charge >= 0.3 is 19.8 Å². The van der Waals surface area contributed by atoms with Crippen LogP contribution in [0.25, 0.3) is 0 Å². The number of hydrogen-bond acceptors (Lipinski definition) is 8. The molecule has 0 heterocycles. The molecule has 4 N–H and O–H groups in total. The first-order valence-corrected chi connectivity index (χ1v) is 25.2. The van der Waals surface area contributed by atoms with E-state index in [-0.39, 0.29) is 13.0 Å². The van der Waals surface area contributed by atoms with E-state index in [1.807, 2.05) is 0 Å². The molecule has 0 spiro atoms. The van der Waals surface area contributed by atoms with Gasteiger partial charge in [-0.3, -0.25) is 18.6 Å². The number of carboxylic acids is 1. The zero-order valence-corrected chi connectivity index (χ0v) is 38.5. The van der Waals surface area contributed by atoms with E-state index >= 15 is 0 Å². The Morgan fingerprint density at radius 1 is 0.542 bits per heavy atom. The van der Waals surface area contributed by atoms with Gasteiger partial charge in [0.2, 0.25) is 0 Å². The van der Waals surface area contributed by atoms with Crippen LogP contribution >= 0.6 is 7.82 Å². The number of hydrogen-bond donors (Lipinski definition) is 3. The maximum absolute atomic E-state index is 12.6. The molecule has 0 aliphatic heterocycles. The first-order valence-electron chi connectivity index (χ1n) is 23.7. The number of aliphatic carboxylic acids is 1. The fourth-order valence-electron chi connectivity index (χ4n) is 6.37. The number of carbonyl (C=O) groups excluding carboxylic acids is 1. The largest absolute Gasteiger partial charge is 0.480 e. The number of rotatable bonds is 45. The Balaban J connectivity index is 4.21. The van der Waals surface area contributed by atoms with E-state index in [1.165, 1.54) is 109 Å². The average Bonchev–Trinajstić information content (AvgIpc) is 3.21. The summed E-state index contributed by atoms with van der Waals surface area (Å²) in [5.41, 5.74) is 5.36. The molecule has 0 saturated heterocycles. The maximum Gasteiger partial charge on any atom is 0.472 e. The minimum absolute atomic E-state index is 0.00632. The van der Waals surface area contributed by atoms with Crippen LogP contribution in [0, 0.1) is 0 Å². The third kappa shape index (κ3) is 43.8. The van der Waals surface area contributed by atoms with Crippen molar-refractivity contribution in [1.82, 2.24) is 0 Å². The minimum Gasteiger partial charge on any atom is -0.480 e. The number of phosphoric ester groups is 1. The fraction of sp³-hybridized carbons (Fsp3) is 0.792. The summed E-state index contributed by atoms with van der Waals surface area (Å²) in [4.78, 5) is 33.6. The highest BCUT2D eigenvalue weighted by atomic mass is 31.2. The van der Waals surface area contributed by atoms with Gasteiger partial charge in [0.15, 0.2) is 0 Å². The van der Waals surface area contributed by atoms with Crippen molar-refractivity contribution < 1.29 is 42.7 Å². The zero-order valence-electron chi connectivity index (χ0n) is 37.6. The van der Waals surface area contributed by atoms with Gasteiger partial charge in [-0.1, -0.05) is 172 Å². The third-order valence-electron chi connectivity index (χ3n) is 10.1. The molecule has 0 aromatic rings. The van der Waals surface area contributed by atoms with Crippen LogP contribution in [0.5, 0.6) is 0 Å². The third-order valence-corrected chi connectivity index (χ3v) is 11.0. The van der Waals surface area contributed by atoms with Gasteiger partial charge in [0.05, 0.1) is 19.8 Å². The van der Waals surface area contributed by atoms with Gasteiger partial charge in [0, 0.05) is 13.0 Å². The van der Waals surface area contributed by atoms with E-state index in [4.69, 9.17) is 29.4 Å². The van der Waals surface area contributed by atoms with Crippen LogP contribution < -0.4 is 5.73 Å². The number of carboxylic acid groups (broad SMARTS) is 1. The van der Waals surface area contributed by atoms with E-state index in [9.17, 15) is 19.0 Å².